The molecule has 3 aromatic rings. The van der Waals surface area contributed by atoms with Crippen molar-refractivity contribution in [2.75, 3.05) is 5.32 Å². The van der Waals surface area contributed by atoms with Gasteiger partial charge < -0.3 is 10.4 Å². The minimum Gasteiger partial charge on any atom is -0.477 e. The molecule has 0 aliphatic heterocycles. The largest absolute Gasteiger partial charge is 0.477 e. The van der Waals surface area contributed by atoms with Gasteiger partial charge in [0.1, 0.15) is 10.7 Å². The van der Waals surface area contributed by atoms with Gasteiger partial charge in [0.15, 0.2) is 0 Å². The first-order valence-corrected chi connectivity index (χ1v) is 8.27. The number of halogens is 1. The van der Waals surface area contributed by atoms with Gasteiger partial charge in [-0.1, -0.05) is 37.3 Å². The second-order valence-corrected chi connectivity index (χ2v) is 6.54. The Balaban J connectivity index is 0.00000243. The molecule has 26 heavy (non-hydrogen) atoms. The van der Waals surface area contributed by atoms with Crippen molar-refractivity contribution in [3.05, 3.63) is 76.4 Å². The molecule has 0 radical (unpaired) electrons. The predicted molar refractivity (Wildman–Crippen MR) is 103 cm³/mol. The Labute approximate surface area is 154 Å². The summed E-state index contributed by atoms with van der Waals surface area (Å²) in [7, 11) is 0. The Bertz CT molecular complexity index is 948. The van der Waals surface area contributed by atoms with Gasteiger partial charge in [-0.25, -0.2) is 9.18 Å². The second kappa shape index (κ2) is 7.93. The molecule has 1 aromatic heterocycles. The van der Waals surface area contributed by atoms with Crippen LogP contribution in [0.3, 0.4) is 0 Å². The number of carboxylic acids is 1. The zero-order chi connectivity index (χ0) is 18.0. The third kappa shape index (κ3) is 4.15. The Morgan fingerprint density at radius 1 is 1.08 bits per heavy atom. The molecule has 2 aromatic carbocycles. The van der Waals surface area contributed by atoms with Crippen molar-refractivity contribution in [2.24, 2.45) is 0 Å². The minimum absolute atomic E-state index is 0. The average Bonchev–Trinajstić information content (AvgIpc) is 2.99. The van der Waals surface area contributed by atoms with Gasteiger partial charge in [-0.15, -0.1) is 11.3 Å². The summed E-state index contributed by atoms with van der Waals surface area (Å²) in [6, 6.07) is 14.4. The van der Waals surface area contributed by atoms with Crippen molar-refractivity contribution in [3.63, 3.8) is 0 Å². The van der Waals surface area contributed by atoms with Gasteiger partial charge in [0.05, 0.1) is 5.69 Å². The van der Waals surface area contributed by atoms with E-state index in [0.717, 1.165) is 16.9 Å². The lowest BCUT2D eigenvalue weighted by Crippen LogP contribution is -2.13. The molecule has 134 valence electrons. The molecule has 0 fully saturated rings. The number of aromatic carboxylic acids is 1. The smallest absolute Gasteiger partial charge is 0.348 e. The molecule has 0 saturated heterocycles. The van der Waals surface area contributed by atoms with Gasteiger partial charge in [0.25, 0.3) is 5.91 Å². The van der Waals surface area contributed by atoms with Crippen LogP contribution >= 0.6 is 11.3 Å². The molecule has 2 N–H and O–H groups in total. The highest BCUT2D eigenvalue weighted by Gasteiger charge is 2.19. The van der Waals surface area contributed by atoms with Crippen LogP contribution in [0, 0.1) is 12.7 Å². The van der Waals surface area contributed by atoms with Gasteiger partial charge in [0.2, 0.25) is 0 Å². The van der Waals surface area contributed by atoms with Gasteiger partial charge in [-0.2, -0.15) is 0 Å². The molecule has 0 bridgehead atoms. The Morgan fingerprint density at radius 2 is 1.77 bits per heavy atom. The molecule has 6 heteroatoms. The lowest BCUT2D eigenvalue weighted by Gasteiger charge is -2.04. The van der Waals surface area contributed by atoms with Crippen LogP contribution in [0.4, 0.5) is 10.1 Å². The lowest BCUT2D eigenvalue weighted by atomic mass is 10.1. The quantitative estimate of drug-likeness (QED) is 0.641. The van der Waals surface area contributed by atoms with E-state index in [0.29, 0.717) is 16.0 Å². The highest BCUT2D eigenvalue weighted by Crippen LogP contribution is 2.35. The first-order valence-electron chi connectivity index (χ1n) is 7.45. The number of thiophene rings is 1. The molecule has 0 spiro atoms. The number of amides is 1. The van der Waals surface area contributed by atoms with Crippen LogP contribution in [0.1, 0.15) is 33.0 Å². The first kappa shape index (κ1) is 19.3. The third-order valence-electron chi connectivity index (χ3n) is 3.60. The summed E-state index contributed by atoms with van der Waals surface area (Å²) in [5.74, 6) is -1.95. The standard InChI is InChI=1S/C19H14FNO3S.CH4/c1-11-5-7-12(8-6-11)18(22)21-15-10-16(25-17(15)19(23)24)13-3-2-4-14(20)9-13;/h2-10H,1H3,(H,21,22)(H,23,24);1H4. The number of carbonyl (C=O) groups is 2. The summed E-state index contributed by atoms with van der Waals surface area (Å²) >= 11 is 0.988. The number of aryl methyl sites for hydroxylation is 1. The van der Waals surface area contributed by atoms with Crippen molar-refractivity contribution < 1.29 is 19.1 Å². The van der Waals surface area contributed by atoms with Gasteiger partial charge in [-0.3, -0.25) is 4.79 Å². The van der Waals surface area contributed by atoms with Crippen LogP contribution in [-0.4, -0.2) is 17.0 Å². The van der Waals surface area contributed by atoms with E-state index in [9.17, 15) is 19.1 Å². The third-order valence-corrected chi connectivity index (χ3v) is 4.77. The zero-order valence-corrected chi connectivity index (χ0v) is 14.1. The molecule has 0 unspecified atom stereocenters. The molecular formula is C20H18FNO3S. The number of carbonyl (C=O) groups excluding carboxylic acids is 1. The van der Waals surface area contributed by atoms with Gasteiger partial charge in [0, 0.05) is 10.4 Å². The summed E-state index contributed by atoms with van der Waals surface area (Å²) in [4.78, 5) is 24.4. The van der Waals surface area contributed by atoms with Crippen LogP contribution in [0.15, 0.2) is 54.6 Å². The molecule has 0 atom stereocenters. The van der Waals surface area contributed by atoms with Gasteiger partial charge in [-0.05, 0) is 42.8 Å². The summed E-state index contributed by atoms with van der Waals surface area (Å²) in [6.45, 7) is 1.91. The van der Waals surface area contributed by atoms with E-state index >= 15 is 0 Å². The fraction of sp³-hybridized carbons (Fsp3) is 0.100. The molecule has 0 aliphatic carbocycles. The molecule has 1 amide bonds. The van der Waals surface area contributed by atoms with Gasteiger partial charge >= 0.3 is 5.97 Å². The Morgan fingerprint density at radius 3 is 2.38 bits per heavy atom. The highest BCUT2D eigenvalue weighted by molar-refractivity contribution is 7.18. The Hall–Kier alpha value is -2.99. The minimum atomic E-state index is -1.15. The number of carboxylic acid groups (broad SMARTS) is 1. The van der Waals surface area contributed by atoms with E-state index in [-0.39, 0.29) is 18.0 Å². The van der Waals surface area contributed by atoms with Crippen molar-refractivity contribution in [2.45, 2.75) is 14.4 Å². The Kier molecular flexibility index (Phi) is 5.90. The van der Waals surface area contributed by atoms with E-state index in [1.165, 1.54) is 12.1 Å². The second-order valence-electron chi connectivity index (χ2n) is 5.49. The molecule has 4 nitrogen and oxygen atoms in total. The summed E-state index contributed by atoms with van der Waals surface area (Å²) in [5.41, 5.74) is 2.21. The topological polar surface area (TPSA) is 66.4 Å². The van der Waals surface area contributed by atoms with Crippen LogP contribution in [-0.2, 0) is 0 Å². The number of benzene rings is 2. The van der Waals surface area contributed by atoms with E-state index in [1.54, 1.807) is 42.5 Å². The molecular weight excluding hydrogens is 353 g/mol. The summed E-state index contributed by atoms with van der Waals surface area (Å²) in [5, 5.41) is 12.0. The van der Waals surface area contributed by atoms with E-state index in [1.807, 2.05) is 6.92 Å². The van der Waals surface area contributed by atoms with E-state index in [4.69, 9.17) is 0 Å². The van der Waals surface area contributed by atoms with E-state index in [2.05, 4.69) is 5.32 Å². The monoisotopic (exact) mass is 371 g/mol. The van der Waals surface area contributed by atoms with Crippen molar-refractivity contribution >= 4 is 28.9 Å². The van der Waals surface area contributed by atoms with Crippen LogP contribution in [0.2, 0.25) is 0 Å². The van der Waals surface area contributed by atoms with Crippen LogP contribution < -0.4 is 5.32 Å². The van der Waals surface area contributed by atoms with E-state index < -0.39 is 17.7 Å². The van der Waals surface area contributed by atoms with Crippen LogP contribution in [0.25, 0.3) is 10.4 Å². The number of rotatable bonds is 4. The fourth-order valence-corrected chi connectivity index (χ4v) is 3.27. The number of anilines is 1. The molecule has 0 aliphatic rings. The SMILES string of the molecule is C.Cc1ccc(C(=O)Nc2cc(-c3cccc(F)c3)sc2C(=O)O)cc1. The lowest BCUT2D eigenvalue weighted by molar-refractivity contribution is 0.0703. The fourth-order valence-electron chi connectivity index (χ4n) is 2.33. The molecule has 0 saturated carbocycles. The zero-order valence-electron chi connectivity index (χ0n) is 13.2. The van der Waals surface area contributed by atoms with Crippen molar-refractivity contribution in [1.82, 2.24) is 0 Å². The molecule has 3 rings (SSSR count). The highest BCUT2D eigenvalue weighted by atomic mass is 32.1. The molecule has 1 heterocycles. The van der Waals surface area contributed by atoms with Crippen molar-refractivity contribution in [3.8, 4) is 10.4 Å². The average molecular weight is 371 g/mol. The van der Waals surface area contributed by atoms with Crippen molar-refractivity contribution in [1.29, 1.82) is 0 Å². The summed E-state index contributed by atoms with van der Waals surface area (Å²) in [6.07, 6.45) is 0. The number of nitrogens with one attached hydrogen (secondary N) is 1. The predicted octanol–water partition coefficient (Wildman–Crippen LogP) is 5.45. The van der Waals surface area contributed by atoms with Crippen LogP contribution in [0.5, 0.6) is 0 Å². The maximum atomic E-state index is 13.4. The summed E-state index contributed by atoms with van der Waals surface area (Å²) < 4.78 is 13.4. The first-order chi connectivity index (χ1) is 11.9. The maximum absolute atomic E-state index is 13.4. The number of hydrogen-bond donors (Lipinski definition) is 2. The number of hydrogen-bond acceptors (Lipinski definition) is 3. The maximum Gasteiger partial charge on any atom is 0.348 e. The normalized spacial score (nSPS) is 10.1.